The van der Waals surface area contributed by atoms with Crippen molar-refractivity contribution in [1.29, 1.82) is 0 Å². The van der Waals surface area contributed by atoms with Gasteiger partial charge in [-0.15, -0.1) is 0 Å². The number of hydrogen-bond acceptors (Lipinski definition) is 5. The summed E-state index contributed by atoms with van der Waals surface area (Å²) in [5.41, 5.74) is 2.75. The number of hydrogen-bond donors (Lipinski definition) is 1. The Morgan fingerprint density at radius 3 is 2.20 bits per heavy atom. The van der Waals surface area contributed by atoms with E-state index in [4.69, 9.17) is 4.74 Å². The molecule has 0 aliphatic heterocycles. The molecule has 35 heavy (non-hydrogen) atoms. The van der Waals surface area contributed by atoms with Gasteiger partial charge in [0.2, 0.25) is 0 Å². The maximum absolute atomic E-state index is 12.5. The van der Waals surface area contributed by atoms with Crippen LogP contribution in [-0.2, 0) is 20.9 Å². The van der Waals surface area contributed by atoms with Gasteiger partial charge in [-0.3, -0.25) is 19.0 Å². The fourth-order valence-corrected chi connectivity index (χ4v) is 4.00. The Bertz CT molecular complexity index is 1300. The van der Waals surface area contributed by atoms with Crippen LogP contribution in [-0.4, -0.2) is 34.6 Å². The summed E-state index contributed by atoms with van der Waals surface area (Å²) in [6, 6.07) is 27.3. The number of aromatic nitrogens is 2. The summed E-state index contributed by atoms with van der Waals surface area (Å²) in [6.07, 6.45) is 2.10. The first-order valence-corrected chi connectivity index (χ1v) is 11.6. The van der Waals surface area contributed by atoms with Crippen LogP contribution in [0.4, 0.5) is 0 Å². The van der Waals surface area contributed by atoms with Crippen molar-refractivity contribution in [2.24, 2.45) is 0 Å². The molecule has 0 radical (unpaired) electrons. The van der Waals surface area contributed by atoms with Crippen molar-refractivity contribution in [2.75, 3.05) is 13.2 Å². The predicted octanol–water partition coefficient (Wildman–Crippen LogP) is 3.67. The Kier molecular flexibility index (Phi) is 8.01. The normalized spacial score (nSPS) is 10.9. The number of fused-ring (bicyclic) bond motifs is 1. The summed E-state index contributed by atoms with van der Waals surface area (Å²) in [5.74, 6) is -0.761. The van der Waals surface area contributed by atoms with E-state index in [1.165, 1.54) is 22.0 Å². The molecule has 7 heteroatoms. The van der Waals surface area contributed by atoms with Crippen LogP contribution in [0.1, 0.15) is 29.9 Å². The number of aryl methyl sites for hydroxylation is 1. The highest BCUT2D eigenvalue weighted by Crippen LogP contribution is 2.27. The first kappa shape index (κ1) is 23.9. The largest absolute Gasteiger partial charge is 0.456 e. The lowest BCUT2D eigenvalue weighted by Crippen LogP contribution is -2.30. The number of carbonyl (C=O) groups is 2. The van der Waals surface area contributed by atoms with Gasteiger partial charge in [-0.25, -0.2) is 4.98 Å². The maximum Gasteiger partial charge on any atom is 0.308 e. The molecule has 4 aromatic rings. The molecule has 1 aromatic heterocycles. The summed E-state index contributed by atoms with van der Waals surface area (Å²) < 4.78 is 6.46. The lowest BCUT2D eigenvalue weighted by atomic mass is 9.88. The van der Waals surface area contributed by atoms with Crippen molar-refractivity contribution >= 4 is 22.8 Å². The number of ether oxygens (including phenoxy) is 1. The van der Waals surface area contributed by atoms with Crippen molar-refractivity contribution in [3.05, 3.63) is 113 Å². The minimum Gasteiger partial charge on any atom is -0.456 e. The summed E-state index contributed by atoms with van der Waals surface area (Å²) in [7, 11) is 0. The van der Waals surface area contributed by atoms with E-state index in [0.29, 0.717) is 23.9 Å². The molecule has 178 valence electrons. The topological polar surface area (TPSA) is 90.3 Å². The molecule has 0 aliphatic rings. The van der Waals surface area contributed by atoms with Gasteiger partial charge in [0, 0.05) is 19.0 Å². The maximum atomic E-state index is 12.5. The minimum absolute atomic E-state index is 0.0305. The Labute approximate surface area is 203 Å². The monoisotopic (exact) mass is 469 g/mol. The fourth-order valence-electron chi connectivity index (χ4n) is 4.00. The Hall–Kier alpha value is -4.26. The third kappa shape index (κ3) is 6.41. The van der Waals surface area contributed by atoms with Crippen molar-refractivity contribution in [1.82, 2.24) is 14.9 Å². The molecule has 1 amide bonds. The number of rotatable bonds is 10. The van der Waals surface area contributed by atoms with E-state index in [0.717, 1.165) is 0 Å². The number of amides is 1. The number of para-hydroxylation sites is 1. The van der Waals surface area contributed by atoms with Crippen LogP contribution < -0.4 is 10.9 Å². The Morgan fingerprint density at radius 1 is 0.886 bits per heavy atom. The smallest absolute Gasteiger partial charge is 0.308 e. The average molecular weight is 470 g/mol. The molecule has 0 spiro atoms. The lowest BCUT2D eigenvalue weighted by molar-refractivity contribution is -0.148. The zero-order chi connectivity index (χ0) is 24.5. The zero-order valence-corrected chi connectivity index (χ0v) is 19.3. The van der Waals surface area contributed by atoms with Crippen LogP contribution in [0.5, 0.6) is 0 Å². The molecular weight excluding hydrogens is 442 g/mol. The van der Waals surface area contributed by atoms with Gasteiger partial charge in [0.1, 0.15) is 0 Å². The Morgan fingerprint density at radius 2 is 1.51 bits per heavy atom. The van der Waals surface area contributed by atoms with Crippen molar-refractivity contribution in [2.45, 2.75) is 25.3 Å². The Balaban J connectivity index is 1.23. The number of nitrogens with one attached hydrogen (secondary N) is 1. The molecule has 0 saturated heterocycles. The highest BCUT2D eigenvalue weighted by atomic mass is 16.5. The summed E-state index contributed by atoms with van der Waals surface area (Å²) >= 11 is 0. The predicted molar refractivity (Wildman–Crippen MR) is 134 cm³/mol. The van der Waals surface area contributed by atoms with E-state index >= 15 is 0 Å². The molecule has 0 atom stereocenters. The molecule has 0 aliphatic carbocycles. The van der Waals surface area contributed by atoms with E-state index in [2.05, 4.69) is 34.6 Å². The van der Waals surface area contributed by atoms with Crippen LogP contribution >= 0.6 is 0 Å². The first-order valence-electron chi connectivity index (χ1n) is 11.6. The van der Waals surface area contributed by atoms with Crippen LogP contribution in [0.15, 0.2) is 96.1 Å². The molecule has 0 fully saturated rings. The molecule has 0 unspecified atom stereocenters. The second-order valence-corrected chi connectivity index (χ2v) is 8.18. The second-order valence-electron chi connectivity index (χ2n) is 8.18. The second kappa shape index (κ2) is 11.7. The van der Waals surface area contributed by atoms with Gasteiger partial charge in [-0.2, -0.15) is 0 Å². The molecule has 0 saturated carbocycles. The highest BCUT2D eigenvalue weighted by Gasteiger charge is 2.15. The van der Waals surface area contributed by atoms with Crippen LogP contribution in [0.25, 0.3) is 10.9 Å². The first-order chi connectivity index (χ1) is 17.1. The highest BCUT2D eigenvalue weighted by molar-refractivity contribution is 5.80. The summed E-state index contributed by atoms with van der Waals surface area (Å²) in [6.45, 7) is 0.223. The molecule has 0 bridgehead atoms. The molecule has 1 heterocycles. The van der Waals surface area contributed by atoms with Gasteiger partial charge in [-0.05, 0) is 29.7 Å². The van der Waals surface area contributed by atoms with E-state index < -0.39 is 5.97 Å². The van der Waals surface area contributed by atoms with Crippen molar-refractivity contribution < 1.29 is 14.3 Å². The van der Waals surface area contributed by atoms with E-state index in [1.807, 2.05) is 42.5 Å². The fraction of sp³-hybridized carbons (Fsp3) is 0.214. The molecule has 3 aromatic carbocycles. The van der Waals surface area contributed by atoms with E-state index in [-0.39, 0.29) is 37.0 Å². The van der Waals surface area contributed by atoms with Gasteiger partial charge in [0.25, 0.3) is 11.5 Å². The van der Waals surface area contributed by atoms with E-state index in [9.17, 15) is 14.4 Å². The number of benzene rings is 3. The molecular formula is C28H27N3O4. The summed E-state index contributed by atoms with van der Waals surface area (Å²) in [5, 5.41) is 3.32. The van der Waals surface area contributed by atoms with Gasteiger partial charge in [0.05, 0.1) is 23.7 Å². The molecule has 7 nitrogen and oxygen atoms in total. The zero-order valence-electron chi connectivity index (χ0n) is 19.3. The van der Waals surface area contributed by atoms with Crippen molar-refractivity contribution in [3.8, 4) is 0 Å². The summed E-state index contributed by atoms with van der Waals surface area (Å²) in [4.78, 5) is 41.1. The van der Waals surface area contributed by atoms with Gasteiger partial charge >= 0.3 is 5.97 Å². The van der Waals surface area contributed by atoms with Gasteiger partial charge < -0.3 is 10.1 Å². The van der Waals surface area contributed by atoms with Gasteiger partial charge in [0.15, 0.2) is 6.61 Å². The van der Waals surface area contributed by atoms with Crippen LogP contribution in [0.2, 0.25) is 0 Å². The quantitative estimate of drug-likeness (QED) is 0.358. The van der Waals surface area contributed by atoms with Crippen LogP contribution in [0.3, 0.4) is 0 Å². The number of carbonyl (C=O) groups excluding carboxylic acids is 2. The standard InChI is InChI=1S/C28H27N3O4/c32-26(29-17-15-23(21-9-3-1-4-10-21)22-11-5-2-6-12-22)19-35-27(33)16-18-31-20-30-25-14-8-7-13-24(25)28(31)34/h1-14,20,23H,15-19H2,(H,29,32). The minimum atomic E-state index is -0.549. The lowest BCUT2D eigenvalue weighted by Gasteiger charge is -2.18. The number of nitrogens with zero attached hydrogens (tertiary/aromatic N) is 2. The van der Waals surface area contributed by atoms with Crippen molar-refractivity contribution in [3.63, 3.8) is 0 Å². The third-order valence-electron chi connectivity index (χ3n) is 5.81. The third-order valence-corrected chi connectivity index (χ3v) is 5.81. The molecule has 4 rings (SSSR count). The van der Waals surface area contributed by atoms with Crippen LogP contribution in [0, 0.1) is 0 Å². The number of esters is 1. The SMILES string of the molecule is O=C(COC(=O)CCn1cnc2ccccc2c1=O)NCCC(c1ccccc1)c1ccccc1. The molecule has 1 N–H and O–H groups in total. The van der Waals surface area contributed by atoms with E-state index in [1.54, 1.807) is 18.2 Å². The average Bonchev–Trinajstić information content (AvgIpc) is 2.90. The van der Waals surface area contributed by atoms with Gasteiger partial charge in [-0.1, -0.05) is 72.8 Å².